The lowest BCUT2D eigenvalue weighted by Crippen LogP contribution is -2.52. The van der Waals surface area contributed by atoms with Crippen LogP contribution in [0, 0.1) is 0 Å². The smallest absolute Gasteiger partial charge is 0.239 e. The maximum absolute atomic E-state index is 12.0. The largest absolute Gasteiger partial charge is 0.361 e. The number of carbonyl (C=O) groups is 1. The summed E-state index contributed by atoms with van der Waals surface area (Å²) in [7, 11) is 0. The summed E-state index contributed by atoms with van der Waals surface area (Å²) in [6.45, 7) is 5.37. The number of anilines is 1. The number of nitrogens with zero attached hydrogens (tertiary/aromatic N) is 2. The molecule has 1 amide bonds. The van der Waals surface area contributed by atoms with Gasteiger partial charge in [0.05, 0.1) is 6.54 Å². The zero-order valence-corrected chi connectivity index (χ0v) is 12.9. The lowest BCUT2D eigenvalue weighted by Gasteiger charge is -2.34. The first-order valence-corrected chi connectivity index (χ1v) is 8.36. The SMILES string of the molecule is O=C1CN(CCN2CC3CCC(C2)N3)c2ccccc2CN1. The van der Waals surface area contributed by atoms with Crippen LogP contribution in [0.25, 0.3) is 0 Å². The molecule has 1 aromatic rings. The highest BCUT2D eigenvalue weighted by Crippen LogP contribution is 2.23. The average molecular weight is 300 g/mol. The van der Waals surface area contributed by atoms with Crippen LogP contribution in [0.5, 0.6) is 0 Å². The molecule has 2 saturated heterocycles. The van der Waals surface area contributed by atoms with Crippen LogP contribution >= 0.6 is 0 Å². The molecule has 1 aromatic carbocycles. The van der Waals surface area contributed by atoms with Crippen LogP contribution < -0.4 is 15.5 Å². The predicted octanol–water partition coefficient (Wildman–Crippen LogP) is 0.559. The normalized spacial score (nSPS) is 28.2. The van der Waals surface area contributed by atoms with E-state index in [0.29, 0.717) is 25.2 Å². The van der Waals surface area contributed by atoms with Crippen molar-refractivity contribution in [3.63, 3.8) is 0 Å². The van der Waals surface area contributed by atoms with Gasteiger partial charge in [0.1, 0.15) is 0 Å². The van der Waals surface area contributed by atoms with E-state index in [1.54, 1.807) is 0 Å². The molecule has 2 atom stereocenters. The van der Waals surface area contributed by atoms with Gasteiger partial charge in [0, 0.05) is 50.5 Å². The fourth-order valence-corrected chi connectivity index (χ4v) is 4.01. The molecule has 2 fully saturated rings. The van der Waals surface area contributed by atoms with Crippen LogP contribution in [0.4, 0.5) is 5.69 Å². The molecule has 2 N–H and O–H groups in total. The van der Waals surface area contributed by atoms with Crippen LogP contribution in [0.1, 0.15) is 18.4 Å². The number of amides is 1. The van der Waals surface area contributed by atoms with Crippen molar-refractivity contribution in [1.29, 1.82) is 0 Å². The average Bonchev–Trinajstić information content (AvgIpc) is 2.78. The molecule has 2 bridgehead atoms. The van der Waals surface area contributed by atoms with Crippen LogP contribution in [0.2, 0.25) is 0 Å². The second-order valence-electron chi connectivity index (χ2n) is 6.72. The third-order valence-electron chi connectivity index (χ3n) is 5.12. The summed E-state index contributed by atoms with van der Waals surface area (Å²) in [6.07, 6.45) is 2.63. The Labute approximate surface area is 131 Å². The number of piperazine rings is 1. The second kappa shape index (κ2) is 5.89. The number of carbonyl (C=O) groups excluding carboxylic acids is 1. The zero-order valence-electron chi connectivity index (χ0n) is 12.9. The molecule has 0 radical (unpaired) electrons. The second-order valence-corrected chi connectivity index (χ2v) is 6.72. The predicted molar refractivity (Wildman–Crippen MR) is 86.9 cm³/mol. The van der Waals surface area contributed by atoms with E-state index in [2.05, 4.69) is 38.6 Å². The molecule has 0 saturated carbocycles. The Morgan fingerprint density at radius 3 is 2.68 bits per heavy atom. The molecule has 0 spiro atoms. The molecule has 0 aliphatic carbocycles. The minimum atomic E-state index is 0.122. The van der Waals surface area contributed by atoms with Gasteiger partial charge in [0.15, 0.2) is 0 Å². The fourth-order valence-electron chi connectivity index (χ4n) is 4.01. The molecule has 22 heavy (non-hydrogen) atoms. The van der Waals surface area contributed by atoms with Crippen molar-refractivity contribution in [3.05, 3.63) is 29.8 Å². The first-order chi connectivity index (χ1) is 10.8. The Morgan fingerprint density at radius 2 is 1.86 bits per heavy atom. The molecular weight excluding hydrogens is 276 g/mol. The van der Waals surface area contributed by atoms with E-state index in [1.165, 1.54) is 24.1 Å². The summed E-state index contributed by atoms with van der Waals surface area (Å²) >= 11 is 0. The van der Waals surface area contributed by atoms with Gasteiger partial charge in [-0.3, -0.25) is 9.69 Å². The highest BCUT2D eigenvalue weighted by molar-refractivity contribution is 5.83. The minimum Gasteiger partial charge on any atom is -0.361 e. The number of fused-ring (bicyclic) bond motifs is 3. The van der Waals surface area contributed by atoms with Gasteiger partial charge in [-0.05, 0) is 24.5 Å². The summed E-state index contributed by atoms with van der Waals surface area (Å²) in [5, 5.41) is 6.66. The molecule has 2 unspecified atom stereocenters. The summed E-state index contributed by atoms with van der Waals surface area (Å²) in [5.74, 6) is 0.122. The van der Waals surface area contributed by atoms with E-state index in [0.717, 1.165) is 26.2 Å². The van der Waals surface area contributed by atoms with Crippen LogP contribution in [0.3, 0.4) is 0 Å². The van der Waals surface area contributed by atoms with E-state index in [-0.39, 0.29) is 5.91 Å². The maximum Gasteiger partial charge on any atom is 0.239 e. The number of hydrogen-bond acceptors (Lipinski definition) is 4. The number of rotatable bonds is 3. The maximum atomic E-state index is 12.0. The highest BCUT2D eigenvalue weighted by Gasteiger charge is 2.32. The van der Waals surface area contributed by atoms with Crippen molar-refractivity contribution in [1.82, 2.24) is 15.5 Å². The van der Waals surface area contributed by atoms with Crippen molar-refractivity contribution < 1.29 is 4.79 Å². The molecule has 5 heteroatoms. The quantitative estimate of drug-likeness (QED) is 0.856. The van der Waals surface area contributed by atoms with Gasteiger partial charge in [-0.1, -0.05) is 18.2 Å². The van der Waals surface area contributed by atoms with Crippen molar-refractivity contribution in [2.75, 3.05) is 37.6 Å². The Bertz CT molecular complexity index is 549. The summed E-state index contributed by atoms with van der Waals surface area (Å²) in [4.78, 5) is 16.7. The third kappa shape index (κ3) is 2.83. The topological polar surface area (TPSA) is 47.6 Å². The zero-order chi connectivity index (χ0) is 14.9. The van der Waals surface area contributed by atoms with Crippen molar-refractivity contribution in [2.24, 2.45) is 0 Å². The fraction of sp³-hybridized carbons (Fsp3) is 0.588. The highest BCUT2D eigenvalue weighted by atomic mass is 16.2. The van der Waals surface area contributed by atoms with E-state index < -0.39 is 0 Å². The van der Waals surface area contributed by atoms with E-state index in [9.17, 15) is 4.79 Å². The molecule has 4 rings (SSSR count). The van der Waals surface area contributed by atoms with Gasteiger partial charge in [-0.15, -0.1) is 0 Å². The van der Waals surface area contributed by atoms with Crippen molar-refractivity contribution >= 4 is 11.6 Å². The van der Waals surface area contributed by atoms with E-state index >= 15 is 0 Å². The molecule has 3 heterocycles. The summed E-state index contributed by atoms with van der Waals surface area (Å²) in [5.41, 5.74) is 2.42. The summed E-state index contributed by atoms with van der Waals surface area (Å²) < 4.78 is 0. The van der Waals surface area contributed by atoms with E-state index in [1.807, 2.05) is 6.07 Å². The van der Waals surface area contributed by atoms with Crippen molar-refractivity contribution in [2.45, 2.75) is 31.5 Å². The third-order valence-corrected chi connectivity index (χ3v) is 5.12. The van der Waals surface area contributed by atoms with Crippen molar-refractivity contribution in [3.8, 4) is 0 Å². The van der Waals surface area contributed by atoms with Gasteiger partial charge in [0.25, 0.3) is 0 Å². The minimum absolute atomic E-state index is 0.122. The number of likely N-dealkylation sites (tertiary alicyclic amines) is 1. The van der Waals surface area contributed by atoms with Crippen LogP contribution in [0.15, 0.2) is 24.3 Å². The lowest BCUT2D eigenvalue weighted by atomic mass is 10.1. The van der Waals surface area contributed by atoms with Crippen LogP contribution in [-0.4, -0.2) is 55.6 Å². The Morgan fingerprint density at radius 1 is 1.09 bits per heavy atom. The number of benzene rings is 1. The molecule has 5 nitrogen and oxygen atoms in total. The van der Waals surface area contributed by atoms with Gasteiger partial charge >= 0.3 is 0 Å². The first-order valence-electron chi connectivity index (χ1n) is 8.36. The first kappa shape index (κ1) is 14.0. The summed E-state index contributed by atoms with van der Waals surface area (Å²) in [6, 6.07) is 9.71. The van der Waals surface area contributed by atoms with E-state index in [4.69, 9.17) is 0 Å². The molecule has 3 aliphatic rings. The Hall–Kier alpha value is -1.59. The van der Waals surface area contributed by atoms with Gasteiger partial charge in [-0.2, -0.15) is 0 Å². The molecular formula is C17H24N4O. The molecule has 118 valence electrons. The number of nitrogens with one attached hydrogen (secondary N) is 2. The van der Waals surface area contributed by atoms with Crippen LogP contribution in [-0.2, 0) is 11.3 Å². The Kier molecular flexibility index (Phi) is 3.76. The standard InChI is InChI=1S/C17H24N4O/c22-17-12-21(16-4-2-1-3-13(16)9-18-17)8-7-20-10-14-5-6-15(11-20)19-14/h1-4,14-15,19H,5-12H2,(H,18,22). The lowest BCUT2D eigenvalue weighted by molar-refractivity contribution is -0.119. The van der Waals surface area contributed by atoms with Gasteiger partial charge in [-0.25, -0.2) is 0 Å². The monoisotopic (exact) mass is 300 g/mol. The molecule has 0 aromatic heterocycles. The number of para-hydroxylation sites is 1. The Balaban J connectivity index is 1.44. The van der Waals surface area contributed by atoms with Gasteiger partial charge < -0.3 is 15.5 Å². The van der Waals surface area contributed by atoms with Gasteiger partial charge in [0.2, 0.25) is 5.91 Å². The number of hydrogen-bond donors (Lipinski definition) is 2. The molecule has 3 aliphatic heterocycles.